The predicted molar refractivity (Wildman–Crippen MR) is 136 cm³/mol. The minimum atomic E-state index is -1.15. The molecule has 7 nitrogen and oxygen atoms in total. The van der Waals surface area contributed by atoms with Crippen molar-refractivity contribution in [3.05, 3.63) is 71.8 Å². The van der Waals surface area contributed by atoms with Crippen LogP contribution in [0.2, 0.25) is 0 Å². The number of aromatic carboxylic acids is 1. The Hall–Kier alpha value is -4.25. The lowest BCUT2D eigenvalue weighted by Gasteiger charge is -2.31. The van der Waals surface area contributed by atoms with Crippen molar-refractivity contribution in [3.8, 4) is 22.9 Å². The average molecular weight is 484 g/mol. The average Bonchev–Trinajstić information content (AvgIpc) is 3.28. The molecular formula is C28H26FN5O2. The molecule has 0 bridgehead atoms. The van der Waals surface area contributed by atoms with E-state index in [1.54, 1.807) is 18.2 Å². The summed E-state index contributed by atoms with van der Waals surface area (Å²) in [4.78, 5) is 18.7. The first-order valence-corrected chi connectivity index (χ1v) is 12.0. The Morgan fingerprint density at radius 1 is 1.11 bits per heavy atom. The molecule has 182 valence electrons. The fourth-order valence-electron chi connectivity index (χ4n) is 4.79. The van der Waals surface area contributed by atoms with Crippen LogP contribution in [0.5, 0.6) is 0 Å². The zero-order valence-corrected chi connectivity index (χ0v) is 20.1. The Balaban J connectivity index is 1.65. The van der Waals surface area contributed by atoms with Gasteiger partial charge in [-0.2, -0.15) is 10.4 Å². The molecule has 0 spiro atoms. The third-order valence-corrected chi connectivity index (χ3v) is 6.70. The molecule has 4 aromatic rings. The number of hydrogen-bond donors (Lipinski definition) is 1. The molecule has 2 aromatic carbocycles. The molecule has 1 aliphatic rings. The molecule has 0 unspecified atom stereocenters. The maximum atomic E-state index is 14.0. The van der Waals surface area contributed by atoms with Gasteiger partial charge in [-0.1, -0.05) is 32.0 Å². The van der Waals surface area contributed by atoms with Crippen LogP contribution >= 0.6 is 0 Å². The van der Waals surface area contributed by atoms with Crippen LogP contribution in [0.3, 0.4) is 0 Å². The van der Waals surface area contributed by atoms with Crippen molar-refractivity contribution in [2.45, 2.75) is 32.6 Å². The minimum absolute atomic E-state index is 0.0271. The normalized spacial score (nSPS) is 14.4. The second-order valence-corrected chi connectivity index (χ2v) is 9.43. The number of carboxylic acid groups (broad SMARTS) is 1. The van der Waals surface area contributed by atoms with Crippen LogP contribution in [0, 0.1) is 23.1 Å². The Morgan fingerprint density at radius 2 is 1.83 bits per heavy atom. The number of pyridine rings is 1. The number of anilines is 1. The number of carboxylic acids is 1. The van der Waals surface area contributed by atoms with Crippen molar-refractivity contribution in [2.75, 3.05) is 18.0 Å². The summed E-state index contributed by atoms with van der Waals surface area (Å²) in [6, 6.07) is 18.0. The molecule has 5 rings (SSSR count). The van der Waals surface area contributed by atoms with Crippen molar-refractivity contribution >= 4 is 22.7 Å². The Morgan fingerprint density at radius 3 is 2.44 bits per heavy atom. The highest BCUT2D eigenvalue weighted by Crippen LogP contribution is 2.36. The van der Waals surface area contributed by atoms with Crippen molar-refractivity contribution in [1.29, 1.82) is 5.26 Å². The molecule has 1 fully saturated rings. The van der Waals surface area contributed by atoms with E-state index in [1.165, 1.54) is 16.8 Å². The minimum Gasteiger partial charge on any atom is -0.477 e. The Bertz CT molecular complexity index is 1480. The lowest BCUT2D eigenvalue weighted by molar-refractivity contribution is 0.0691. The van der Waals surface area contributed by atoms with Crippen molar-refractivity contribution in [2.24, 2.45) is 5.92 Å². The van der Waals surface area contributed by atoms with E-state index in [4.69, 9.17) is 10.4 Å². The van der Waals surface area contributed by atoms with E-state index < -0.39 is 11.8 Å². The van der Waals surface area contributed by atoms with E-state index in [1.807, 2.05) is 38.1 Å². The number of nitriles is 1. The topological polar surface area (TPSA) is 95.0 Å². The van der Waals surface area contributed by atoms with Crippen LogP contribution in [0.15, 0.2) is 54.6 Å². The summed E-state index contributed by atoms with van der Waals surface area (Å²) >= 11 is 0. The summed E-state index contributed by atoms with van der Waals surface area (Å²) in [5.41, 5.74) is 4.15. The first kappa shape index (κ1) is 23.5. The largest absolute Gasteiger partial charge is 0.477 e. The molecule has 0 saturated carbocycles. The molecule has 1 N–H and O–H groups in total. The maximum absolute atomic E-state index is 14.0. The zero-order chi connectivity index (χ0) is 25.4. The fourth-order valence-corrected chi connectivity index (χ4v) is 4.79. The van der Waals surface area contributed by atoms with E-state index in [2.05, 4.69) is 16.0 Å². The quantitative estimate of drug-likeness (QED) is 0.386. The van der Waals surface area contributed by atoms with Gasteiger partial charge >= 0.3 is 5.97 Å². The summed E-state index contributed by atoms with van der Waals surface area (Å²) in [7, 11) is 0. The third-order valence-electron chi connectivity index (χ3n) is 6.70. The van der Waals surface area contributed by atoms with Crippen LogP contribution in [-0.2, 0) is 0 Å². The van der Waals surface area contributed by atoms with E-state index >= 15 is 0 Å². The van der Waals surface area contributed by atoms with Crippen LogP contribution in [0.1, 0.15) is 48.8 Å². The SMILES string of the molecule is CC(C)c1nn(-c2cccc(F)c2)c2nc(C(=O)O)cc(-c3ccc(N4CCC(C#N)CC4)cc3)c12. The summed E-state index contributed by atoms with van der Waals surface area (Å²) in [6.07, 6.45) is 1.70. The molecule has 3 heterocycles. The van der Waals surface area contributed by atoms with Gasteiger partial charge in [-0.15, -0.1) is 0 Å². The van der Waals surface area contributed by atoms with E-state index in [0.29, 0.717) is 11.3 Å². The number of nitrogens with zero attached hydrogens (tertiary/aromatic N) is 5. The van der Waals surface area contributed by atoms with Gasteiger partial charge in [0.2, 0.25) is 0 Å². The van der Waals surface area contributed by atoms with Crippen LogP contribution in [-0.4, -0.2) is 38.9 Å². The molecule has 1 aliphatic heterocycles. The number of halogens is 1. The van der Waals surface area contributed by atoms with Crippen LogP contribution in [0.4, 0.5) is 10.1 Å². The van der Waals surface area contributed by atoms with E-state index in [-0.39, 0.29) is 17.5 Å². The van der Waals surface area contributed by atoms with Crippen molar-refractivity contribution in [1.82, 2.24) is 14.8 Å². The van der Waals surface area contributed by atoms with E-state index in [0.717, 1.165) is 53.8 Å². The Labute approximate surface area is 208 Å². The molecule has 2 aromatic heterocycles. The van der Waals surface area contributed by atoms with Crippen LogP contribution in [0.25, 0.3) is 27.8 Å². The molecule has 0 radical (unpaired) electrons. The van der Waals surface area contributed by atoms with Crippen molar-refractivity contribution in [3.63, 3.8) is 0 Å². The second kappa shape index (κ2) is 9.42. The second-order valence-electron chi connectivity index (χ2n) is 9.43. The third kappa shape index (κ3) is 4.29. The Kier molecular flexibility index (Phi) is 6.15. The summed E-state index contributed by atoms with van der Waals surface area (Å²) in [6.45, 7) is 5.69. The lowest BCUT2D eigenvalue weighted by atomic mass is 9.96. The first-order valence-electron chi connectivity index (χ1n) is 12.0. The number of hydrogen-bond acceptors (Lipinski definition) is 5. The number of benzene rings is 2. The highest BCUT2D eigenvalue weighted by atomic mass is 19.1. The summed E-state index contributed by atoms with van der Waals surface area (Å²) in [5, 5.41) is 24.5. The molecule has 0 atom stereocenters. The monoisotopic (exact) mass is 483 g/mol. The molecule has 0 aliphatic carbocycles. The number of carbonyl (C=O) groups is 1. The number of fused-ring (bicyclic) bond motifs is 1. The summed E-state index contributed by atoms with van der Waals surface area (Å²) in [5.74, 6) is -1.41. The fraction of sp³-hybridized carbons (Fsp3) is 0.286. The molecule has 0 amide bonds. The molecular weight excluding hydrogens is 457 g/mol. The maximum Gasteiger partial charge on any atom is 0.354 e. The smallest absolute Gasteiger partial charge is 0.354 e. The van der Waals surface area contributed by atoms with Gasteiger partial charge in [0, 0.05) is 24.7 Å². The van der Waals surface area contributed by atoms with Gasteiger partial charge in [-0.25, -0.2) is 18.9 Å². The van der Waals surface area contributed by atoms with Crippen LogP contribution < -0.4 is 4.90 Å². The van der Waals surface area contributed by atoms with Gasteiger partial charge in [0.05, 0.1) is 22.8 Å². The molecule has 36 heavy (non-hydrogen) atoms. The van der Waals surface area contributed by atoms with Gasteiger partial charge < -0.3 is 10.0 Å². The lowest BCUT2D eigenvalue weighted by Crippen LogP contribution is -2.33. The number of aromatic nitrogens is 3. The van der Waals surface area contributed by atoms with Crippen molar-refractivity contribution < 1.29 is 14.3 Å². The standard InChI is InChI=1S/C28H26FN5O2/c1-17(2)26-25-23(19-6-8-21(9-7-19)33-12-10-18(16-30)11-13-33)15-24(28(35)36)31-27(25)34(32-26)22-5-3-4-20(29)14-22/h3-9,14-15,17-18H,10-13H2,1-2H3,(H,35,36). The molecule has 8 heteroatoms. The predicted octanol–water partition coefficient (Wildman–Crippen LogP) is 5.79. The van der Waals surface area contributed by atoms with Gasteiger partial charge in [0.15, 0.2) is 11.3 Å². The highest BCUT2D eigenvalue weighted by Gasteiger charge is 2.24. The van der Waals surface area contributed by atoms with Gasteiger partial charge in [0.25, 0.3) is 0 Å². The summed E-state index contributed by atoms with van der Waals surface area (Å²) < 4.78 is 15.6. The van der Waals surface area contributed by atoms with Gasteiger partial charge in [-0.3, -0.25) is 0 Å². The zero-order valence-electron chi connectivity index (χ0n) is 20.1. The highest BCUT2D eigenvalue weighted by molar-refractivity contribution is 6.00. The van der Waals surface area contributed by atoms with Gasteiger partial charge in [0.1, 0.15) is 5.82 Å². The first-order chi connectivity index (χ1) is 17.4. The molecule has 1 saturated heterocycles. The van der Waals surface area contributed by atoms with E-state index in [9.17, 15) is 14.3 Å². The number of piperidine rings is 1. The number of rotatable bonds is 5. The van der Waals surface area contributed by atoms with Gasteiger partial charge in [-0.05, 0) is 66.3 Å².